The Hall–Kier alpha value is -2.38. The highest BCUT2D eigenvalue weighted by molar-refractivity contribution is 5.76. The number of fused-ring (bicyclic) bond motifs is 1. The van der Waals surface area contributed by atoms with E-state index in [1.165, 1.54) is 16.8 Å². The number of nitrogens with zero attached hydrogens (tertiary/aromatic N) is 2. The maximum Gasteiger partial charge on any atom is 0.261 e. The van der Waals surface area contributed by atoms with Crippen molar-refractivity contribution in [3.63, 3.8) is 0 Å². The van der Waals surface area contributed by atoms with Gasteiger partial charge in [0.25, 0.3) is 5.56 Å². The second kappa shape index (κ2) is 4.82. The third-order valence-electron chi connectivity index (χ3n) is 3.84. The molecular formula is C13H15N5O4. The number of hydrogen-bond donors (Lipinski definition) is 5. The summed E-state index contributed by atoms with van der Waals surface area (Å²) in [5.41, 5.74) is 9.86. The van der Waals surface area contributed by atoms with Crippen LogP contribution in [0.2, 0.25) is 0 Å². The van der Waals surface area contributed by atoms with Gasteiger partial charge in [0.1, 0.15) is 12.2 Å². The number of nitrogens with two attached hydrogens (primary N) is 2. The number of nitrogen functional groups attached to an aromatic ring is 1. The fraction of sp³-hybridized carbons (Fsp3) is 0.385. The van der Waals surface area contributed by atoms with Gasteiger partial charge in [-0.15, -0.1) is 6.42 Å². The molecule has 9 nitrogen and oxygen atoms in total. The average molecular weight is 305 g/mol. The molecule has 4 atom stereocenters. The van der Waals surface area contributed by atoms with Gasteiger partial charge < -0.3 is 31.0 Å². The third-order valence-corrected chi connectivity index (χ3v) is 3.84. The SMILES string of the molecule is C#C[C@@]1(N)C(O)[C@@H](CO)O[C@H]1n1ccc2c(=O)[nH]c(N)nc21. The third kappa shape index (κ3) is 1.83. The van der Waals surface area contributed by atoms with Crippen LogP contribution in [0.25, 0.3) is 11.0 Å². The Morgan fingerprint density at radius 2 is 2.36 bits per heavy atom. The molecule has 0 saturated carbocycles. The van der Waals surface area contributed by atoms with Gasteiger partial charge in [0.15, 0.2) is 17.4 Å². The lowest BCUT2D eigenvalue weighted by Crippen LogP contribution is -2.53. The number of aromatic nitrogens is 3. The summed E-state index contributed by atoms with van der Waals surface area (Å²) >= 11 is 0. The van der Waals surface area contributed by atoms with E-state index < -0.39 is 36.1 Å². The molecule has 22 heavy (non-hydrogen) atoms. The van der Waals surface area contributed by atoms with Crippen molar-refractivity contribution in [3.05, 3.63) is 22.6 Å². The van der Waals surface area contributed by atoms with E-state index in [1.54, 1.807) is 0 Å². The molecule has 7 N–H and O–H groups in total. The lowest BCUT2D eigenvalue weighted by molar-refractivity contribution is -0.0445. The zero-order valence-corrected chi connectivity index (χ0v) is 11.4. The van der Waals surface area contributed by atoms with Crippen molar-refractivity contribution < 1.29 is 14.9 Å². The van der Waals surface area contributed by atoms with Crippen LogP contribution in [-0.4, -0.2) is 49.1 Å². The molecule has 3 heterocycles. The summed E-state index contributed by atoms with van der Waals surface area (Å²) in [6.45, 7) is -0.451. The number of ether oxygens (including phenoxy) is 1. The highest BCUT2D eigenvalue weighted by atomic mass is 16.5. The Bertz CT molecular complexity index is 822. The molecular weight excluding hydrogens is 290 g/mol. The molecule has 1 unspecified atom stereocenters. The lowest BCUT2D eigenvalue weighted by Gasteiger charge is -2.27. The molecule has 1 aliphatic rings. The summed E-state index contributed by atoms with van der Waals surface area (Å²) in [5, 5.41) is 19.7. The number of aromatic amines is 1. The van der Waals surface area contributed by atoms with Crippen LogP contribution >= 0.6 is 0 Å². The van der Waals surface area contributed by atoms with Crippen molar-refractivity contribution >= 4 is 17.0 Å². The molecule has 1 aliphatic heterocycles. The van der Waals surface area contributed by atoms with Crippen molar-refractivity contribution in [1.82, 2.24) is 14.5 Å². The molecule has 2 aromatic rings. The summed E-state index contributed by atoms with van der Waals surface area (Å²) in [7, 11) is 0. The maximum absolute atomic E-state index is 11.9. The second-order valence-corrected chi connectivity index (χ2v) is 5.14. The number of rotatable bonds is 2. The van der Waals surface area contributed by atoms with Crippen LogP contribution in [-0.2, 0) is 4.74 Å². The van der Waals surface area contributed by atoms with E-state index in [4.69, 9.17) is 22.6 Å². The van der Waals surface area contributed by atoms with Gasteiger partial charge in [-0.1, -0.05) is 5.92 Å². The molecule has 116 valence electrons. The van der Waals surface area contributed by atoms with Crippen molar-refractivity contribution in [2.24, 2.45) is 5.73 Å². The fourth-order valence-electron chi connectivity index (χ4n) is 2.65. The lowest BCUT2D eigenvalue weighted by atomic mass is 9.92. The van der Waals surface area contributed by atoms with Crippen molar-refractivity contribution in [2.75, 3.05) is 12.3 Å². The number of aliphatic hydroxyl groups is 2. The minimum Gasteiger partial charge on any atom is -0.394 e. The number of hydrogen-bond acceptors (Lipinski definition) is 7. The van der Waals surface area contributed by atoms with Crippen LogP contribution in [0.15, 0.2) is 17.1 Å². The van der Waals surface area contributed by atoms with Gasteiger partial charge in [0.05, 0.1) is 12.0 Å². The van der Waals surface area contributed by atoms with Crippen molar-refractivity contribution in [1.29, 1.82) is 0 Å². The maximum atomic E-state index is 11.9. The molecule has 0 aliphatic carbocycles. The molecule has 0 aromatic carbocycles. The number of terminal acetylenes is 1. The zero-order valence-electron chi connectivity index (χ0n) is 11.4. The summed E-state index contributed by atoms with van der Waals surface area (Å²) in [4.78, 5) is 18.3. The van der Waals surface area contributed by atoms with Crippen LogP contribution in [0.3, 0.4) is 0 Å². The highest BCUT2D eigenvalue weighted by Crippen LogP contribution is 2.37. The zero-order chi connectivity index (χ0) is 16.1. The number of nitrogens with one attached hydrogen (secondary N) is 1. The quantitative estimate of drug-likeness (QED) is 0.398. The molecule has 3 rings (SSSR count). The standard InChI is InChI=1S/C13H15N5O4/c1-2-13(15)8(20)7(5-19)22-11(13)18-4-3-6-9(18)16-12(14)17-10(6)21/h1,3-4,7-8,11,19-20H,5,15H2,(H3,14,16,17,21)/t7-,8?,11-,13-/m1/s1. The minimum absolute atomic E-state index is 0.0713. The van der Waals surface area contributed by atoms with Crippen LogP contribution < -0.4 is 17.0 Å². The summed E-state index contributed by atoms with van der Waals surface area (Å²) in [6.07, 6.45) is 3.75. The Morgan fingerprint density at radius 3 is 3.00 bits per heavy atom. The van der Waals surface area contributed by atoms with E-state index in [9.17, 15) is 15.0 Å². The second-order valence-electron chi connectivity index (χ2n) is 5.14. The monoisotopic (exact) mass is 305 g/mol. The average Bonchev–Trinajstić information content (AvgIpc) is 3.00. The molecule has 2 aromatic heterocycles. The van der Waals surface area contributed by atoms with Crippen LogP contribution in [0, 0.1) is 12.3 Å². The largest absolute Gasteiger partial charge is 0.394 e. The first-order valence-electron chi connectivity index (χ1n) is 6.49. The minimum atomic E-state index is -1.58. The number of aliphatic hydroxyl groups excluding tert-OH is 2. The van der Waals surface area contributed by atoms with Gasteiger partial charge in [-0.25, -0.2) is 0 Å². The first kappa shape index (κ1) is 14.6. The van der Waals surface area contributed by atoms with Crippen molar-refractivity contribution in [3.8, 4) is 12.3 Å². The van der Waals surface area contributed by atoms with Gasteiger partial charge >= 0.3 is 0 Å². The van der Waals surface area contributed by atoms with E-state index in [1.807, 2.05) is 0 Å². The van der Waals surface area contributed by atoms with Gasteiger partial charge in [0, 0.05) is 6.20 Å². The van der Waals surface area contributed by atoms with E-state index in [-0.39, 0.29) is 17.0 Å². The molecule has 0 spiro atoms. The first-order chi connectivity index (χ1) is 10.4. The van der Waals surface area contributed by atoms with Crippen LogP contribution in [0.5, 0.6) is 0 Å². The van der Waals surface area contributed by atoms with E-state index >= 15 is 0 Å². The van der Waals surface area contributed by atoms with E-state index in [0.29, 0.717) is 0 Å². The predicted octanol–water partition coefficient (Wildman–Crippen LogP) is -2.11. The molecule has 0 radical (unpaired) electrons. The van der Waals surface area contributed by atoms with Crippen LogP contribution in [0.1, 0.15) is 6.23 Å². The molecule has 0 bridgehead atoms. The summed E-state index contributed by atoms with van der Waals surface area (Å²) < 4.78 is 6.99. The number of H-pyrrole nitrogens is 1. The molecule has 1 saturated heterocycles. The normalized spacial score (nSPS) is 31.5. The molecule has 1 fully saturated rings. The van der Waals surface area contributed by atoms with E-state index in [2.05, 4.69) is 15.9 Å². The van der Waals surface area contributed by atoms with Gasteiger partial charge in [-0.2, -0.15) is 4.98 Å². The Balaban J connectivity index is 2.19. The van der Waals surface area contributed by atoms with Gasteiger partial charge in [-0.3, -0.25) is 9.78 Å². The van der Waals surface area contributed by atoms with Gasteiger partial charge in [-0.05, 0) is 6.07 Å². The predicted molar refractivity (Wildman–Crippen MR) is 77.5 cm³/mol. The Kier molecular flexibility index (Phi) is 3.19. The topological polar surface area (TPSA) is 152 Å². The summed E-state index contributed by atoms with van der Waals surface area (Å²) in [5.74, 6) is 2.24. The Labute approximate surface area is 124 Å². The highest BCUT2D eigenvalue weighted by Gasteiger charge is 2.54. The van der Waals surface area contributed by atoms with Gasteiger partial charge in [0.2, 0.25) is 5.95 Å². The number of anilines is 1. The fourth-order valence-corrected chi connectivity index (χ4v) is 2.65. The molecule has 0 amide bonds. The van der Waals surface area contributed by atoms with Crippen LogP contribution in [0.4, 0.5) is 5.95 Å². The smallest absolute Gasteiger partial charge is 0.261 e. The first-order valence-corrected chi connectivity index (χ1v) is 6.49. The van der Waals surface area contributed by atoms with Crippen molar-refractivity contribution in [2.45, 2.75) is 24.0 Å². The molecule has 9 heteroatoms. The summed E-state index contributed by atoms with van der Waals surface area (Å²) in [6, 6.07) is 1.51. The Morgan fingerprint density at radius 1 is 1.64 bits per heavy atom. The van der Waals surface area contributed by atoms with E-state index in [0.717, 1.165) is 0 Å².